The molecule has 1 aromatic rings. The minimum absolute atomic E-state index is 0.0684. The van der Waals surface area contributed by atoms with Gasteiger partial charge in [0.2, 0.25) is 0 Å². The van der Waals surface area contributed by atoms with Crippen molar-refractivity contribution in [2.75, 3.05) is 11.1 Å². The zero-order chi connectivity index (χ0) is 8.97. The summed E-state index contributed by atoms with van der Waals surface area (Å²) < 4.78 is 0. The van der Waals surface area contributed by atoms with E-state index in [0.29, 0.717) is 11.6 Å². The van der Waals surface area contributed by atoms with E-state index in [1.54, 1.807) is 6.20 Å². The van der Waals surface area contributed by atoms with Crippen molar-refractivity contribution in [2.24, 2.45) is 0 Å². The fraction of sp³-hybridized carbons (Fsp3) is 0.250. The smallest absolute Gasteiger partial charge is 0.147 e. The van der Waals surface area contributed by atoms with Gasteiger partial charge in [-0.1, -0.05) is 5.92 Å². The SMILES string of the molecule is C#CC(C)Nc1cncc(N)n1. The second-order valence-corrected chi connectivity index (χ2v) is 2.36. The number of nitrogens with one attached hydrogen (secondary N) is 1. The van der Waals surface area contributed by atoms with Crippen LogP contribution in [-0.4, -0.2) is 16.0 Å². The maximum atomic E-state index is 5.41. The highest BCUT2D eigenvalue weighted by molar-refractivity contribution is 5.40. The van der Waals surface area contributed by atoms with Gasteiger partial charge in [-0.05, 0) is 6.92 Å². The molecule has 0 radical (unpaired) electrons. The Balaban J connectivity index is 2.71. The summed E-state index contributed by atoms with van der Waals surface area (Å²) in [6.45, 7) is 1.85. The van der Waals surface area contributed by atoms with Crippen LogP contribution >= 0.6 is 0 Å². The summed E-state index contributed by atoms with van der Waals surface area (Å²) in [5, 5.41) is 2.94. The van der Waals surface area contributed by atoms with Gasteiger partial charge in [-0.25, -0.2) is 4.98 Å². The largest absolute Gasteiger partial charge is 0.382 e. The molecule has 0 saturated carbocycles. The van der Waals surface area contributed by atoms with E-state index in [1.807, 2.05) is 6.92 Å². The minimum atomic E-state index is -0.0684. The van der Waals surface area contributed by atoms with Crippen LogP contribution in [0.4, 0.5) is 11.6 Å². The Morgan fingerprint density at radius 1 is 1.67 bits per heavy atom. The first-order valence-corrected chi connectivity index (χ1v) is 3.52. The number of rotatable bonds is 2. The maximum Gasteiger partial charge on any atom is 0.147 e. The molecule has 0 aliphatic carbocycles. The van der Waals surface area contributed by atoms with Crippen molar-refractivity contribution in [3.63, 3.8) is 0 Å². The molecule has 0 spiro atoms. The van der Waals surface area contributed by atoms with E-state index in [9.17, 15) is 0 Å². The van der Waals surface area contributed by atoms with Crippen LogP contribution in [0.2, 0.25) is 0 Å². The topological polar surface area (TPSA) is 63.8 Å². The molecule has 0 amide bonds. The first-order chi connectivity index (χ1) is 5.72. The summed E-state index contributed by atoms with van der Waals surface area (Å²) in [4.78, 5) is 7.82. The number of hydrogen-bond acceptors (Lipinski definition) is 4. The third kappa shape index (κ3) is 2.13. The van der Waals surface area contributed by atoms with Gasteiger partial charge < -0.3 is 11.1 Å². The molecule has 0 aliphatic heterocycles. The Bertz CT molecular complexity index is 302. The van der Waals surface area contributed by atoms with E-state index < -0.39 is 0 Å². The molecule has 1 heterocycles. The van der Waals surface area contributed by atoms with Crippen molar-refractivity contribution in [1.82, 2.24) is 9.97 Å². The van der Waals surface area contributed by atoms with Crippen LogP contribution in [-0.2, 0) is 0 Å². The van der Waals surface area contributed by atoms with Crippen LogP contribution < -0.4 is 11.1 Å². The third-order valence-corrected chi connectivity index (χ3v) is 1.27. The maximum absolute atomic E-state index is 5.41. The summed E-state index contributed by atoms with van der Waals surface area (Å²) in [6.07, 6.45) is 8.22. The van der Waals surface area contributed by atoms with Crippen LogP contribution in [0.1, 0.15) is 6.92 Å². The second-order valence-electron chi connectivity index (χ2n) is 2.36. The van der Waals surface area contributed by atoms with Gasteiger partial charge in [0.25, 0.3) is 0 Å². The van der Waals surface area contributed by atoms with E-state index in [2.05, 4.69) is 21.2 Å². The van der Waals surface area contributed by atoms with Crippen molar-refractivity contribution in [3.8, 4) is 12.3 Å². The van der Waals surface area contributed by atoms with E-state index in [0.717, 1.165) is 0 Å². The third-order valence-electron chi connectivity index (χ3n) is 1.27. The molecule has 62 valence electrons. The molecular formula is C8H10N4. The van der Waals surface area contributed by atoms with Crippen LogP contribution in [0, 0.1) is 12.3 Å². The lowest BCUT2D eigenvalue weighted by molar-refractivity contribution is 1.01. The predicted molar refractivity (Wildman–Crippen MR) is 48.4 cm³/mol. The molecule has 0 aliphatic rings. The van der Waals surface area contributed by atoms with Gasteiger partial charge in [0.15, 0.2) is 0 Å². The van der Waals surface area contributed by atoms with Gasteiger partial charge in [0, 0.05) is 0 Å². The number of hydrogen-bond donors (Lipinski definition) is 2. The lowest BCUT2D eigenvalue weighted by atomic mass is 10.3. The quantitative estimate of drug-likeness (QED) is 0.621. The average Bonchev–Trinajstić information content (AvgIpc) is 2.04. The van der Waals surface area contributed by atoms with Gasteiger partial charge in [0.05, 0.1) is 18.4 Å². The lowest BCUT2D eigenvalue weighted by Crippen LogP contribution is -2.13. The van der Waals surface area contributed by atoms with Gasteiger partial charge >= 0.3 is 0 Å². The molecule has 0 aromatic carbocycles. The molecule has 12 heavy (non-hydrogen) atoms. The number of terminal acetylenes is 1. The normalized spacial score (nSPS) is 11.7. The highest BCUT2D eigenvalue weighted by Crippen LogP contribution is 2.03. The molecule has 4 nitrogen and oxygen atoms in total. The van der Waals surface area contributed by atoms with Crippen LogP contribution in [0.15, 0.2) is 12.4 Å². The highest BCUT2D eigenvalue weighted by atomic mass is 15.1. The molecule has 1 atom stereocenters. The number of aromatic nitrogens is 2. The summed E-state index contributed by atoms with van der Waals surface area (Å²) in [5.41, 5.74) is 5.41. The fourth-order valence-corrected chi connectivity index (χ4v) is 0.714. The van der Waals surface area contributed by atoms with Gasteiger partial charge in [-0.15, -0.1) is 6.42 Å². The number of anilines is 2. The Morgan fingerprint density at radius 2 is 2.42 bits per heavy atom. The van der Waals surface area contributed by atoms with Crippen molar-refractivity contribution >= 4 is 11.6 Å². The Labute approximate surface area is 71.2 Å². The van der Waals surface area contributed by atoms with Crippen LogP contribution in [0.3, 0.4) is 0 Å². The molecule has 3 N–H and O–H groups in total. The van der Waals surface area contributed by atoms with Gasteiger partial charge in [-0.3, -0.25) is 4.98 Å². The van der Waals surface area contributed by atoms with E-state index in [-0.39, 0.29) is 6.04 Å². The first-order valence-electron chi connectivity index (χ1n) is 3.52. The predicted octanol–water partition coefficient (Wildman–Crippen LogP) is 0.492. The fourth-order valence-electron chi connectivity index (χ4n) is 0.714. The molecule has 1 aromatic heterocycles. The van der Waals surface area contributed by atoms with Gasteiger partial charge in [-0.2, -0.15) is 0 Å². The first kappa shape index (κ1) is 8.34. The Hall–Kier alpha value is -1.76. The number of nitrogens with two attached hydrogens (primary N) is 1. The molecule has 0 fully saturated rings. The number of nitrogen functional groups attached to an aromatic ring is 1. The zero-order valence-electron chi connectivity index (χ0n) is 6.78. The van der Waals surface area contributed by atoms with Crippen molar-refractivity contribution in [3.05, 3.63) is 12.4 Å². The average molecular weight is 162 g/mol. The Kier molecular flexibility index (Phi) is 2.49. The summed E-state index contributed by atoms with van der Waals surface area (Å²) in [6, 6.07) is -0.0684. The number of nitrogens with zero attached hydrogens (tertiary/aromatic N) is 2. The standard InChI is InChI=1S/C8H10N4/c1-3-6(2)11-8-5-10-4-7(9)12-8/h1,4-6H,2H3,(H3,9,11,12). The van der Waals surface area contributed by atoms with Crippen LogP contribution in [0.25, 0.3) is 0 Å². The van der Waals surface area contributed by atoms with Gasteiger partial charge in [0.1, 0.15) is 11.6 Å². The van der Waals surface area contributed by atoms with Crippen LogP contribution in [0.5, 0.6) is 0 Å². The lowest BCUT2D eigenvalue weighted by Gasteiger charge is -2.07. The summed E-state index contributed by atoms with van der Waals surface area (Å²) in [7, 11) is 0. The minimum Gasteiger partial charge on any atom is -0.382 e. The van der Waals surface area contributed by atoms with Crippen molar-refractivity contribution in [2.45, 2.75) is 13.0 Å². The molecular weight excluding hydrogens is 152 g/mol. The molecule has 4 heteroatoms. The van der Waals surface area contributed by atoms with Crippen molar-refractivity contribution < 1.29 is 0 Å². The highest BCUT2D eigenvalue weighted by Gasteiger charge is 1.98. The van der Waals surface area contributed by atoms with E-state index in [1.165, 1.54) is 6.20 Å². The second kappa shape index (κ2) is 3.58. The monoisotopic (exact) mass is 162 g/mol. The zero-order valence-corrected chi connectivity index (χ0v) is 6.78. The van der Waals surface area contributed by atoms with Crippen molar-refractivity contribution in [1.29, 1.82) is 0 Å². The molecule has 1 unspecified atom stereocenters. The Morgan fingerprint density at radius 3 is 3.00 bits per heavy atom. The summed E-state index contributed by atoms with van der Waals surface area (Å²) >= 11 is 0. The molecule has 1 rings (SSSR count). The van der Waals surface area contributed by atoms with E-state index in [4.69, 9.17) is 12.2 Å². The molecule has 0 bridgehead atoms. The van der Waals surface area contributed by atoms with E-state index >= 15 is 0 Å². The molecule has 0 saturated heterocycles. The summed E-state index contributed by atoms with van der Waals surface area (Å²) in [5.74, 6) is 3.49.